The fraction of sp³-hybridized carbons (Fsp3) is 0.933. The first-order valence-corrected chi connectivity index (χ1v) is 7.98. The van der Waals surface area contributed by atoms with Gasteiger partial charge in [0.25, 0.3) is 0 Å². The zero-order valence-corrected chi connectivity index (χ0v) is 14.0. The Kier molecular flexibility index (Phi) is 7.45. The van der Waals surface area contributed by atoms with Crippen LogP contribution >= 0.6 is 0 Å². The summed E-state index contributed by atoms with van der Waals surface area (Å²) in [4.78, 5) is 5.61. The molecule has 0 saturated carbocycles. The molecule has 0 aromatic carbocycles. The first-order valence-electron chi connectivity index (χ1n) is 7.98. The number of hydrogen-bond acceptors (Lipinski definition) is 2. The highest BCUT2D eigenvalue weighted by atomic mass is 19.4. The fourth-order valence-electron chi connectivity index (χ4n) is 2.60. The Bertz CT molecular complexity index is 355. The Labute approximate surface area is 131 Å². The van der Waals surface area contributed by atoms with E-state index in [-0.39, 0.29) is 6.04 Å². The van der Waals surface area contributed by atoms with E-state index in [1.807, 2.05) is 0 Å². The van der Waals surface area contributed by atoms with Crippen LogP contribution in [0.25, 0.3) is 0 Å². The summed E-state index contributed by atoms with van der Waals surface area (Å²) in [6.45, 7) is 6.51. The molecular weight excluding hydrogens is 293 g/mol. The molecule has 2 unspecified atom stereocenters. The average Bonchev–Trinajstić information content (AvgIpc) is 2.80. The van der Waals surface area contributed by atoms with E-state index < -0.39 is 12.7 Å². The molecule has 0 aliphatic carbocycles. The second kappa shape index (κ2) is 8.60. The Morgan fingerprint density at radius 3 is 2.50 bits per heavy atom. The summed E-state index contributed by atoms with van der Waals surface area (Å²) in [5.41, 5.74) is 0. The molecule has 2 N–H and O–H groups in total. The lowest BCUT2D eigenvalue weighted by Gasteiger charge is -2.22. The van der Waals surface area contributed by atoms with E-state index in [1.54, 1.807) is 7.05 Å². The molecule has 1 aliphatic rings. The molecule has 1 heterocycles. The molecule has 0 bridgehead atoms. The summed E-state index contributed by atoms with van der Waals surface area (Å²) in [7, 11) is 1.69. The average molecular weight is 322 g/mol. The van der Waals surface area contributed by atoms with Gasteiger partial charge in [0.2, 0.25) is 0 Å². The summed E-state index contributed by atoms with van der Waals surface area (Å²) < 4.78 is 37.2. The van der Waals surface area contributed by atoms with Crippen LogP contribution in [0, 0.1) is 5.92 Å². The SMILES string of the molecule is CN=C(NC(C)CCC(C)C)NC1CCN(CC(F)(F)F)C1. The largest absolute Gasteiger partial charge is 0.401 e. The second-order valence-electron chi connectivity index (χ2n) is 6.57. The van der Waals surface area contributed by atoms with Crippen molar-refractivity contribution in [3.05, 3.63) is 0 Å². The van der Waals surface area contributed by atoms with Gasteiger partial charge in [0.05, 0.1) is 6.54 Å². The van der Waals surface area contributed by atoms with Crippen LogP contribution in [0.3, 0.4) is 0 Å². The van der Waals surface area contributed by atoms with Crippen LogP contribution < -0.4 is 10.6 Å². The van der Waals surface area contributed by atoms with Crippen molar-refractivity contribution >= 4 is 5.96 Å². The molecule has 1 aliphatic heterocycles. The molecule has 0 spiro atoms. The number of nitrogens with one attached hydrogen (secondary N) is 2. The third kappa shape index (κ3) is 7.87. The van der Waals surface area contributed by atoms with Crippen molar-refractivity contribution < 1.29 is 13.2 Å². The number of nitrogens with zero attached hydrogens (tertiary/aromatic N) is 2. The Morgan fingerprint density at radius 2 is 1.95 bits per heavy atom. The van der Waals surface area contributed by atoms with Crippen molar-refractivity contribution in [2.75, 3.05) is 26.7 Å². The summed E-state index contributed by atoms with van der Waals surface area (Å²) in [6, 6.07) is 0.312. The molecule has 22 heavy (non-hydrogen) atoms. The van der Waals surface area contributed by atoms with E-state index in [1.165, 1.54) is 4.90 Å². The number of aliphatic imine (C=N–C) groups is 1. The molecule has 130 valence electrons. The van der Waals surface area contributed by atoms with Gasteiger partial charge in [0, 0.05) is 32.2 Å². The Morgan fingerprint density at radius 1 is 1.27 bits per heavy atom. The minimum atomic E-state index is -4.12. The first-order chi connectivity index (χ1) is 10.2. The lowest BCUT2D eigenvalue weighted by atomic mass is 10.0. The van der Waals surface area contributed by atoms with Crippen molar-refractivity contribution in [3.8, 4) is 0 Å². The molecule has 1 fully saturated rings. The summed E-state index contributed by atoms with van der Waals surface area (Å²) >= 11 is 0. The van der Waals surface area contributed by atoms with Gasteiger partial charge in [-0.15, -0.1) is 0 Å². The van der Waals surface area contributed by atoms with Gasteiger partial charge in [-0.3, -0.25) is 9.89 Å². The maximum Gasteiger partial charge on any atom is 0.401 e. The van der Waals surface area contributed by atoms with Crippen LogP contribution in [0.2, 0.25) is 0 Å². The number of alkyl halides is 3. The van der Waals surface area contributed by atoms with Gasteiger partial charge in [-0.2, -0.15) is 13.2 Å². The number of rotatable bonds is 6. The van der Waals surface area contributed by atoms with E-state index in [4.69, 9.17) is 0 Å². The van der Waals surface area contributed by atoms with Crippen molar-refractivity contribution in [1.82, 2.24) is 15.5 Å². The van der Waals surface area contributed by atoms with Gasteiger partial charge in [0.15, 0.2) is 5.96 Å². The van der Waals surface area contributed by atoms with E-state index in [9.17, 15) is 13.2 Å². The van der Waals surface area contributed by atoms with Gasteiger partial charge in [-0.1, -0.05) is 13.8 Å². The Hall–Kier alpha value is -0.980. The zero-order valence-electron chi connectivity index (χ0n) is 14.0. The van der Waals surface area contributed by atoms with Crippen LogP contribution in [-0.2, 0) is 0 Å². The number of halogens is 3. The number of guanidine groups is 1. The third-order valence-corrected chi connectivity index (χ3v) is 3.80. The maximum absolute atomic E-state index is 12.4. The van der Waals surface area contributed by atoms with Gasteiger partial charge in [-0.05, 0) is 32.1 Å². The molecule has 2 atom stereocenters. The van der Waals surface area contributed by atoms with Crippen molar-refractivity contribution in [3.63, 3.8) is 0 Å². The highest BCUT2D eigenvalue weighted by Crippen LogP contribution is 2.19. The van der Waals surface area contributed by atoms with Crippen LogP contribution in [0.1, 0.15) is 40.0 Å². The minimum Gasteiger partial charge on any atom is -0.354 e. The van der Waals surface area contributed by atoms with Crippen LogP contribution in [0.15, 0.2) is 4.99 Å². The number of likely N-dealkylation sites (tertiary alicyclic amines) is 1. The monoisotopic (exact) mass is 322 g/mol. The van der Waals surface area contributed by atoms with Crippen LogP contribution in [0.5, 0.6) is 0 Å². The lowest BCUT2D eigenvalue weighted by molar-refractivity contribution is -0.143. The van der Waals surface area contributed by atoms with Crippen molar-refractivity contribution in [2.45, 2.75) is 58.3 Å². The minimum absolute atomic E-state index is 0.0193. The topological polar surface area (TPSA) is 39.7 Å². The predicted octanol–water partition coefficient (Wildman–Crippen LogP) is 2.61. The van der Waals surface area contributed by atoms with Crippen molar-refractivity contribution in [1.29, 1.82) is 0 Å². The van der Waals surface area contributed by atoms with Crippen LogP contribution in [0.4, 0.5) is 13.2 Å². The van der Waals surface area contributed by atoms with Gasteiger partial charge in [-0.25, -0.2) is 0 Å². The smallest absolute Gasteiger partial charge is 0.354 e. The quantitative estimate of drug-likeness (QED) is 0.583. The normalized spacial score (nSPS) is 22.2. The molecule has 1 saturated heterocycles. The van der Waals surface area contributed by atoms with Gasteiger partial charge in [0.1, 0.15) is 0 Å². The second-order valence-corrected chi connectivity index (χ2v) is 6.57. The van der Waals surface area contributed by atoms with Crippen molar-refractivity contribution in [2.24, 2.45) is 10.9 Å². The van der Waals surface area contributed by atoms with Gasteiger partial charge < -0.3 is 10.6 Å². The van der Waals surface area contributed by atoms with Gasteiger partial charge >= 0.3 is 6.18 Å². The standard InChI is InChI=1S/C15H29F3N4/c1-11(2)5-6-12(3)20-14(19-4)21-13-7-8-22(9-13)10-15(16,17)18/h11-13H,5-10H2,1-4H3,(H2,19,20,21). The van der Waals surface area contributed by atoms with Crippen LogP contribution in [-0.4, -0.2) is 55.8 Å². The van der Waals surface area contributed by atoms with E-state index in [2.05, 4.69) is 36.4 Å². The highest BCUT2D eigenvalue weighted by Gasteiger charge is 2.34. The van der Waals surface area contributed by atoms with E-state index in [0.29, 0.717) is 37.4 Å². The third-order valence-electron chi connectivity index (χ3n) is 3.80. The summed E-state index contributed by atoms with van der Waals surface area (Å²) in [5, 5.41) is 6.54. The number of hydrogen-bond donors (Lipinski definition) is 2. The molecule has 4 nitrogen and oxygen atoms in total. The predicted molar refractivity (Wildman–Crippen MR) is 84.1 cm³/mol. The molecule has 0 radical (unpaired) electrons. The molecule has 1 rings (SSSR count). The molecule has 0 amide bonds. The fourth-order valence-corrected chi connectivity index (χ4v) is 2.60. The Balaban J connectivity index is 2.35. The lowest BCUT2D eigenvalue weighted by Crippen LogP contribution is -2.47. The summed E-state index contributed by atoms with van der Waals surface area (Å²) in [5.74, 6) is 1.33. The highest BCUT2D eigenvalue weighted by molar-refractivity contribution is 5.80. The zero-order chi connectivity index (χ0) is 16.8. The molecular formula is C15H29F3N4. The molecule has 0 aromatic rings. The summed E-state index contributed by atoms with van der Waals surface area (Å²) in [6.07, 6.45) is -1.24. The maximum atomic E-state index is 12.4. The molecule has 0 aromatic heterocycles. The molecule has 7 heteroatoms. The first kappa shape index (κ1) is 19.1. The van der Waals surface area contributed by atoms with E-state index in [0.717, 1.165) is 12.8 Å². The van der Waals surface area contributed by atoms with E-state index >= 15 is 0 Å².